The number of aliphatic hydroxyl groups is 5. The highest BCUT2D eigenvalue weighted by molar-refractivity contribution is 5.19. The van der Waals surface area contributed by atoms with Crippen LogP contribution >= 0.6 is 0 Å². The first-order valence-electron chi connectivity index (χ1n) is 17.5. The van der Waals surface area contributed by atoms with Crippen molar-refractivity contribution in [2.75, 3.05) is 6.54 Å². The molecule has 0 radical (unpaired) electrons. The van der Waals surface area contributed by atoms with Gasteiger partial charge in [-0.1, -0.05) is 55.4 Å². The van der Waals surface area contributed by atoms with Gasteiger partial charge < -0.3 is 31.3 Å². The van der Waals surface area contributed by atoms with Gasteiger partial charge in [0.25, 0.3) is 0 Å². The number of nitrogens with two attached hydrogens (primary N) is 1. The van der Waals surface area contributed by atoms with Gasteiger partial charge in [-0.2, -0.15) is 0 Å². The molecule has 5 saturated carbocycles. The van der Waals surface area contributed by atoms with Crippen molar-refractivity contribution in [1.29, 1.82) is 0 Å². The van der Waals surface area contributed by atoms with Gasteiger partial charge in [-0.25, -0.2) is 0 Å². The van der Waals surface area contributed by atoms with Gasteiger partial charge >= 0.3 is 0 Å². The van der Waals surface area contributed by atoms with Crippen molar-refractivity contribution in [3.05, 3.63) is 0 Å². The summed E-state index contributed by atoms with van der Waals surface area (Å²) in [5, 5.41) is 52.7. The summed E-state index contributed by atoms with van der Waals surface area (Å²) in [6.07, 6.45) is 5.34. The molecule has 0 bridgehead atoms. The summed E-state index contributed by atoms with van der Waals surface area (Å²) in [6.45, 7) is 20.0. The molecule has 5 rings (SSSR count). The Hall–Kier alpha value is -0.240. The highest BCUT2D eigenvalue weighted by Gasteiger charge is 2.70. The van der Waals surface area contributed by atoms with Crippen molar-refractivity contribution >= 4 is 0 Å². The molecule has 6 nitrogen and oxygen atoms in total. The van der Waals surface area contributed by atoms with Crippen LogP contribution in [-0.2, 0) is 0 Å². The van der Waals surface area contributed by atoms with Crippen LogP contribution in [0.4, 0.5) is 0 Å². The third kappa shape index (κ3) is 4.46. The predicted octanol–water partition coefficient (Wildman–Crippen LogP) is 5.12. The molecule has 5 aliphatic rings. The van der Waals surface area contributed by atoms with E-state index >= 15 is 0 Å². The maximum atomic E-state index is 11.2. The highest BCUT2D eigenvalue weighted by atomic mass is 16.4. The second-order valence-corrected chi connectivity index (χ2v) is 17.9. The van der Waals surface area contributed by atoms with E-state index < -0.39 is 30.5 Å². The quantitative estimate of drug-likeness (QED) is 0.244. The zero-order valence-electron chi connectivity index (χ0n) is 28.0. The van der Waals surface area contributed by atoms with Crippen molar-refractivity contribution in [3.63, 3.8) is 0 Å². The third-order valence-corrected chi connectivity index (χ3v) is 16.5. The van der Waals surface area contributed by atoms with Gasteiger partial charge in [-0.05, 0) is 133 Å². The largest absolute Gasteiger partial charge is 0.390 e. The first-order valence-corrected chi connectivity index (χ1v) is 17.5. The van der Waals surface area contributed by atoms with Gasteiger partial charge in [-0.15, -0.1) is 0 Å². The fourth-order valence-electron chi connectivity index (χ4n) is 13.4. The van der Waals surface area contributed by atoms with Crippen molar-refractivity contribution in [1.82, 2.24) is 0 Å². The van der Waals surface area contributed by atoms with Crippen LogP contribution in [0.2, 0.25) is 0 Å². The standard InChI is InChI=1S/C36H65NO5/c1-20-11-15-34(6)25(32(20,3)4)14-18-36(8)27(34)10-9-26-33(5)16-12-22(23(33)13-17-35(26,36)7)21(2)28(39)30(41)31(42)29(40)24(38)19-37/h20-31,38-42H,9-19,37H2,1-8H3. The van der Waals surface area contributed by atoms with Gasteiger partial charge in [-0.3, -0.25) is 0 Å². The van der Waals surface area contributed by atoms with E-state index in [0.29, 0.717) is 33.5 Å². The van der Waals surface area contributed by atoms with Gasteiger partial charge in [0.15, 0.2) is 0 Å². The van der Waals surface area contributed by atoms with Gasteiger partial charge in [0.05, 0.1) is 12.2 Å². The SMILES string of the molecule is CC(C(O)C(O)C(O)C(O)C(O)CN)C1CCC2(C)C1CCC1(C)C2CCC2C3(C)CCC(C)C(C)(C)C3CCC21C. The van der Waals surface area contributed by atoms with Crippen LogP contribution in [-0.4, -0.2) is 62.6 Å². The maximum Gasteiger partial charge on any atom is 0.111 e. The molecule has 16 atom stereocenters. The van der Waals surface area contributed by atoms with E-state index in [0.717, 1.165) is 37.0 Å². The van der Waals surface area contributed by atoms with Gasteiger partial charge in [0, 0.05) is 6.54 Å². The van der Waals surface area contributed by atoms with E-state index in [1.165, 1.54) is 44.9 Å². The molecule has 0 aromatic carbocycles. The third-order valence-electron chi connectivity index (χ3n) is 16.5. The molecule has 0 aromatic rings. The molecule has 7 N–H and O–H groups in total. The Morgan fingerprint density at radius 3 is 1.74 bits per heavy atom. The fraction of sp³-hybridized carbons (Fsp3) is 1.00. The number of hydrogen-bond acceptors (Lipinski definition) is 6. The minimum Gasteiger partial charge on any atom is -0.390 e. The average molecular weight is 592 g/mol. The Bertz CT molecular complexity index is 990. The average Bonchev–Trinajstić information content (AvgIpc) is 3.30. The van der Waals surface area contributed by atoms with Crippen LogP contribution in [0.1, 0.15) is 120 Å². The molecular formula is C36H65NO5. The van der Waals surface area contributed by atoms with Crippen LogP contribution in [0.15, 0.2) is 0 Å². The van der Waals surface area contributed by atoms with E-state index in [9.17, 15) is 25.5 Å². The molecule has 42 heavy (non-hydrogen) atoms. The maximum absolute atomic E-state index is 11.2. The predicted molar refractivity (Wildman–Crippen MR) is 167 cm³/mol. The highest BCUT2D eigenvalue weighted by Crippen LogP contribution is 2.78. The molecule has 5 fully saturated rings. The van der Waals surface area contributed by atoms with E-state index in [-0.39, 0.29) is 23.8 Å². The molecule has 0 aromatic heterocycles. The lowest BCUT2D eigenvalue weighted by atomic mass is 9.31. The number of rotatable bonds is 7. The lowest BCUT2D eigenvalue weighted by Gasteiger charge is -2.73. The van der Waals surface area contributed by atoms with E-state index in [2.05, 4.69) is 48.5 Å². The molecule has 6 heteroatoms. The lowest BCUT2D eigenvalue weighted by molar-refractivity contribution is -0.247. The second-order valence-electron chi connectivity index (χ2n) is 17.9. The fourth-order valence-corrected chi connectivity index (χ4v) is 13.4. The minimum absolute atomic E-state index is 0.205. The number of aliphatic hydroxyl groups excluding tert-OH is 5. The molecular weight excluding hydrogens is 526 g/mol. The molecule has 5 aliphatic carbocycles. The Kier molecular flexibility index (Phi) is 8.63. The first-order chi connectivity index (χ1) is 19.4. The summed E-state index contributed by atoms with van der Waals surface area (Å²) in [5.41, 5.74) is 7.12. The normalized spacial score (nSPS) is 50.7. The summed E-state index contributed by atoms with van der Waals surface area (Å²) in [7, 11) is 0. The zero-order chi connectivity index (χ0) is 31.2. The summed E-state index contributed by atoms with van der Waals surface area (Å²) >= 11 is 0. The van der Waals surface area contributed by atoms with E-state index in [1.54, 1.807) is 0 Å². The number of fused-ring (bicyclic) bond motifs is 7. The topological polar surface area (TPSA) is 127 Å². The molecule has 0 aliphatic heterocycles. The first kappa shape index (κ1) is 33.1. The Morgan fingerprint density at radius 2 is 1.14 bits per heavy atom. The van der Waals surface area contributed by atoms with Crippen LogP contribution in [0.5, 0.6) is 0 Å². The molecule has 16 unspecified atom stereocenters. The number of hydrogen-bond donors (Lipinski definition) is 6. The summed E-state index contributed by atoms with van der Waals surface area (Å²) in [5.74, 6) is 3.55. The Labute approximate surface area is 256 Å². The van der Waals surface area contributed by atoms with Crippen molar-refractivity contribution < 1.29 is 25.5 Å². The summed E-state index contributed by atoms with van der Waals surface area (Å²) < 4.78 is 0. The van der Waals surface area contributed by atoms with E-state index in [1.807, 2.05) is 6.92 Å². The van der Waals surface area contributed by atoms with Gasteiger partial charge in [0.2, 0.25) is 0 Å². The van der Waals surface area contributed by atoms with Crippen LogP contribution < -0.4 is 5.73 Å². The zero-order valence-corrected chi connectivity index (χ0v) is 28.0. The summed E-state index contributed by atoms with van der Waals surface area (Å²) in [6, 6.07) is 0. The van der Waals surface area contributed by atoms with Crippen molar-refractivity contribution in [2.45, 2.75) is 150 Å². The Morgan fingerprint density at radius 1 is 0.619 bits per heavy atom. The monoisotopic (exact) mass is 591 g/mol. The Balaban J connectivity index is 1.37. The summed E-state index contributed by atoms with van der Waals surface area (Å²) in [4.78, 5) is 0. The smallest absolute Gasteiger partial charge is 0.111 e. The molecule has 0 amide bonds. The van der Waals surface area contributed by atoms with Crippen LogP contribution in [0, 0.1) is 68.5 Å². The minimum atomic E-state index is -1.65. The molecule has 0 spiro atoms. The molecule has 244 valence electrons. The van der Waals surface area contributed by atoms with Crippen molar-refractivity contribution in [3.8, 4) is 0 Å². The molecule has 0 saturated heterocycles. The molecule has 0 heterocycles. The van der Waals surface area contributed by atoms with Crippen molar-refractivity contribution in [2.24, 2.45) is 74.2 Å². The van der Waals surface area contributed by atoms with Crippen LogP contribution in [0.25, 0.3) is 0 Å². The van der Waals surface area contributed by atoms with E-state index in [4.69, 9.17) is 5.73 Å². The van der Waals surface area contributed by atoms with Crippen LogP contribution in [0.3, 0.4) is 0 Å². The lowest BCUT2D eigenvalue weighted by Crippen LogP contribution is -2.66. The second kappa shape index (κ2) is 10.9. The van der Waals surface area contributed by atoms with Gasteiger partial charge in [0.1, 0.15) is 18.3 Å².